The van der Waals surface area contributed by atoms with Crippen LogP contribution in [0.15, 0.2) is 35.7 Å². The first-order chi connectivity index (χ1) is 10.6. The standard InChI is InChI=1S/C17H17NO3S/c19-16(20)10-14(15-8-3-9-22-15)18-17(21)13-7-2-5-11-4-1-6-12(11)13/h2-3,5,7-9,14H,1,4,6,10H2,(H,18,21)(H,19,20). The van der Waals surface area contributed by atoms with E-state index in [2.05, 4.69) is 11.4 Å². The van der Waals surface area contributed by atoms with Gasteiger partial charge in [0.25, 0.3) is 5.91 Å². The summed E-state index contributed by atoms with van der Waals surface area (Å²) in [6, 6.07) is 9.02. The molecule has 0 radical (unpaired) electrons. The van der Waals surface area contributed by atoms with Crippen LogP contribution in [0.5, 0.6) is 0 Å². The summed E-state index contributed by atoms with van der Waals surface area (Å²) in [5.74, 6) is -1.10. The number of carboxylic acids is 1. The monoisotopic (exact) mass is 315 g/mol. The summed E-state index contributed by atoms with van der Waals surface area (Å²) < 4.78 is 0. The normalized spacial score (nSPS) is 14.4. The van der Waals surface area contributed by atoms with Crippen LogP contribution in [-0.4, -0.2) is 17.0 Å². The Hall–Kier alpha value is -2.14. The van der Waals surface area contributed by atoms with Gasteiger partial charge in [-0.1, -0.05) is 18.2 Å². The Bertz CT molecular complexity index is 694. The van der Waals surface area contributed by atoms with Gasteiger partial charge in [0.2, 0.25) is 0 Å². The molecule has 2 aromatic rings. The second-order valence-electron chi connectivity index (χ2n) is 5.44. The highest BCUT2D eigenvalue weighted by Crippen LogP contribution is 2.27. The minimum absolute atomic E-state index is 0.110. The third kappa shape index (κ3) is 3.04. The first-order valence-electron chi connectivity index (χ1n) is 7.32. The Kier molecular flexibility index (Phi) is 4.24. The molecule has 0 spiro atoms. The summed E-state index contributed by atoms with van der Waals surface area (Å²) in [6.45, 7) is 0. The van der Waals surface area contributed by atoms with Gasteiger partial charge in [-0.3, -0.25) is 9.59 Å². The van der Waals surface area contributed by atoms with Crippen LogP contribution in [0.1, 0.15) is 45.2 Å². The lowest BCUT2D eigenvalue weighted by Crippen LogP contribution is -2.30. The second-order valence-corrected chi connectivity index (χ2v) is 6.42. The first-order valence-corrected chi connectivity index (χ1v) is 8.20. The minimum atomic E-state index is -0.919. The SMILES string of the molecule is O=C(O)CC(NC(=O)c1cccc2c1CCC2)c1cccs1. The van der Waals surface area contributed by atoms with Gasteiger partial charge in [0, 0.05) is 10.4 Å². The highest BCUT2D eigenvalue weighted by Gasteiger charge is 2.23. The van der Waals surface area contributed by atoms with Crippen LogP contribution >= 0.6 is 11.3 Å². The molecule has 0 saturated heterocycles. The molecule has 3 rings (SSSR count). The third-order valence-corrected chi connectivity index (χ3v) is 4.95. The van der Waals surface area contributed by atoms with Crippen molar-refractivity contribution in [2.24, 2.45) is 0 Å². The Morgan fingerprint density at radius 3 is 2.82 bits per heavy atom. The van der Waals surface area contributed by atoms with Gasteiger partial charge >= 0.3 is 5.97 Å². The van der Waals surface area contributed by atoms with Crippen molar-refractivity contribution in [2.75, 3.05) is 0 Å². The number of carbonyl (C=O) groups excluding carboxylic acids is 1. The molecule has 0 fully saturated rings. The molecule has 1 aromatic heterocycles. The van der Waals surface area contributed by atoms with Crippen LogP contribution in [0.25, 0.3) is 0 Å². The largest absolute Gasteiger partial charge is 0.481 e. The van der Waals surface area contributed by atoms with Crippen LogP contribution < -0.4 is 5.32 Å². The van der Waals surface area contributed by atoms with E-state index in [4.69, 9.17) is 5.11 Å². The third-order valence-electron chi connectivity index (χ3n) is 3.96. The topological polar surface area (TPSA) is 66.4 Å². The fraction of sp³-hybridized carbons (Fsp3) is 0.294. The Morgan fingerprint density at radius 2 is 2.09 bits per heavy atom. The molecule has 114 valence electrons. The van der Waals surface area contributed by atoms with Crippen molar-refractivity contribution >= 4 is 23.2 Å². The summed E-state index contributed by atoms with van der Waals surface area (Å²) in [6.07, 6.45) is 2.89. The van der Waals surface area contributed by atoms with Crippen molar-refractivity contribution < 1.29 is 14.7 Å². The fourth-order valence-electron chi connectivity index (χ4n) is 2.96. The Balaban J connectivity index is 1.83. The predicted molar refractivity (Wildman–Crippen MR) is 85.2 cm³/mol. The number of hydrogen-bond acceptors (Lipinski definition) is 3. The van der Waals surface area contributed by atoms with E-state index in [9.17, 15) is 9.59 Å². The molecular formula is C17H17NO3S. The second kappa shape index (κ2) is 6.32. The zero-order chi connectivity index (χ0) is 15.5. The van der Waals surface area contributed by atoms with Crippen LogP contribution in [0, 0.1) is 0 Å². The van der Waals surface area contributed by atoms with E-state index in [0.717, 1.165) is 29.7 Å². The zero-order valence-corrected chi connectivity index (χ0v) is 12.9. The van der Waals surface area contributed by atoms with Crippen LogP contribution in [0.4, 0.5) is 0 Å². The summed E-state index contributed by atoms with van der Waals surface area (Å²) in [4.78, 5) is 24.5. The molecule has 1 atom stereocenters. The smallest absolute Gasteiger partial charge is 0.305 e. The molecule has 0 saturated carbocycles. The molecule has 4 nitrogen and oxygen atoms in total. The average molecular weight is 315 g/mol. The molecule has 1 amide bonds. The van der Waals surface area contributed by atoms with Gasteiger partial charge in [-0.25, -0.2) is 0 Å². The van der Waals surface area contributed by atoms with Gasteiger partial charge in [-0.05, 0) is 47.9 Å². The maximum absolute atomic E-state index is 12.6. The summed E-state index contributed by atoms with van der Waals surface area (Å²) >= 11 is 1.46. The lowest BCUT2D eigenvalue weighted by atomic mass is 10.0. The number of carboxylic acid groups (broad SMARTS) is 1. The lowest BCUT2D eigenvalue weighted by Gasteiger charge is -2.17. The van der Waals surface area contributed by atoms with Gasteiger partial charge in [-0.2, -0.15) is 0 Å². The molecule has 0 bridgehead atoms. The maximum Gasteiger partial charge on any atom is 0.305 e. The van der Waals surface area contributed by atoms with E-state index in [1.54, 1.807) is 0 Å². The van der Waals surface area contributed by atoms with Gasteiger partial charge < -0.3 is 10.4 Å². The van der Waals surface area contributed by atoms with Gasteiger partial charge in [0.15, 0.2) is 0 Å². The maximum atomic E-state index is 12.6. The number of benzene rings is 1. The molecule has 2 N–H and O–H groups in total. The molecule has 1 aliphatic rings. The molecule has 5 heteroatoms. The van der Waals surface area contributed by atoms with E-state index in [0.29, 0.717) is 5.56 Å². The van der Waals surface area contributed by atoms with E-state index in [1.807, 2.05) is 29.6 Å². The number of fused-ring (bicyclic) bond motifs is 1. The number of hydrogen-bond donors (Lipinski definition) is 2. The summed E-state index contributed by atoms with van der Waals surface area (Å²) in [5, 5.41) is 13.8. The number of aryl methyl sites for hydroxylation is 1. The number of nitrogens with one attached hydrogen (secondary N) is 1. The lowest BCUT2D eigenvalue weighted by molar-refractivity contribution is -0.137. The molecular weight excluding hydrogens is 298 g/mol. The number of amides is 1. The molecule has 1 aliphatic carbocycles. The van der Waals surface area contributed by atoms with Crippen molar-refractivity contribution in [3.8, 4) is 0 Å². The van der Waals surface area contributed by atoms with Crippen LogP contribution in [0.3, 0.4) is 0 Å². The zero-order valence-electron chi connectivity index (χ0n) is 12.0. The first kappa shape index (κ1) is 14.8. The Labute approximate surface area is 132 Å². The Morgan fingerprint density at radius 1 is 1.23 bits per heavy atom. The van der Waals surface area contributed by atoms with Crippen LogP contribution in [-0.2, 0) is 17.6 Å². The van der Waals surface area contributed by atoms with E-state index < -0.39 is 12.0 Å². The van der Waals surface area contributed by atoms with E-state index in [-0.39, 0.29) is 12.3 Å². The number of carbonyl (C=O) groups is 2. The van der Waals surface area contributed by atoms with Gasteiger partial charge in [-0.15, -0.1) is 11.3 Å². The quantitative estimate of drug-likeness (QED) is 0.890. The summed E-state index contributed by atoms with van der Waals surface area (Å²) in [5.41, 5.74) is 3.03. The number of rotatable bonds is 5. The molecule has 1 unspecified atom stereocenters. The number of aliphatic carboxylic acids is 1. The fourth-order valence-corrected chi connectivity index (χ4v) is 3.73. The van der Waals surface area contributed by atoms with Crippen molar-refractivity contribution in [1.29, 1.82) is 0 Å². The molecule has 1 heterocycles. The van der Waals surface area contributed by atoms with E-state index >= 15 is 0 Å². The van der Waals surface area contributed by atoms with Crippen molar-refractivity contribution in [3.05, 3.63) is 57.3 Å². The average Bonchev–Trinajstić information content (AvgIpc) is 3.16. The van der Waals surface area contributed by atoms with Crippen molar-refractivity contribution in [3.63, 3.8) is 0 Å². The summed E-state index contributed by atoms with van der Waals surface area (Å²) in [7, 11) is 0. The highest BCUT2D eigenvalue weighted by atomic mass is 32.1. The van der Waals surface area contributed by atoms with Crippen LogP contribution in [0.2, 0.25) is 0 Å². The predicted octanol–water partition coefficient (Wildman–Crippen LogP) is 3.18. The van der Waals surface area contributed by atoms with Gasteiger partial charge in [0.1, 0.15) is 0 Å². The number of thiophene rings is 1. The van der Waals surface area contributed by atoms with Crippen molar-refractivity contribution in [2.45, 2.75) is 31.7 Å². The van der Waals surface area contributed by atoms with E-state index in [1.165, 1.54) is 16.9 Å². The molecule has 22 heavy (non-hydrogen) atoms. The van der Waals surface area contributed by atoms with Crippen molar-refractivity contribution in [1.82, 2.24) is 5.32 Å². The minimum Gasteiger partial charge on any atom is -0.481 e. The molecule has 0 aliphatic heterocycles. The van der Waals surface area contributed by atoms with Gasteiger partial charge in [0.05, 0.1) is 12.5 Å². The molecule has 1 aromatic carbocycles. The highest BCUT2D eigenvalue weighted by molar-refractivity contribution is 7.10.